The number of carbonyl (C=O) groups excluding carboxylic acids is 1. The van der Waals surface area contributed by atoms with Gasteiger partial charge in [-0.1, -0.05) is 25.0 Å². The number of benzene rings is 1. The molecular weight excluding hydrogens is 240 g/mol. The summed E-state index contributed by atoms with van der Waals surface area (Å²) in [4.78, 5) is 12.3. The molecular formula is C15H22N2O2. The van der Waals surface area contributed by atoms with E-state index in [4.69, 9.17) is 0 Å². The first kappa shape index (κ1) is 13.9. The molecule has 1 aromatic rings. The zero-order valence-corrected chi connectivity index (χ0v) is 11.4. The van der Waals surface area contributed by atoms with Crippen molar-refractivity contribution >= 4 is 11.6 Å². The molecule has 4 nitrogen and oxygen atoms in total. The Morgan fingerprint density at radius 2 is 2.05 bits per heavy atom. The lowest BCUT2D eigenvalue weighted by Crippen LogP contribution is -2.45. The second-order valence-corrected chi connectivity index (χ2v) is 5.01. The fourth-order valence-electron chi connectivity index (χ4n) is 2.55. The third-order valence-corrected chi connectivity index (χ3v) is 3.58. The summed E-state index contributed by atoms with van der Waals surface area (Å²) in [7, 11) is 0. The van der Waals surface area contributed by atoms with E-state index in [0.29, 0.717) is 5.56 Å². The van der Waals surface area contributed by atoms with Crippen molar-refractivity contribution in [3.05, 3.63) is 29.8 Å². The van der Waals surface area contributed by atoms with Crippen molar-refractivity contribution in [2.45, 2.75) is 44.8 Å². The van der Waals surface area contributed by atoms with Gasteiger partial charge in [0.15, 0.2) is 0 Å². The van der Waals surface area contributed by atoms with Gasteiger partial charge in [-0.15, -0.1) is 0 Å². The van der Waals surface area contributed by atoms with Gasteiger partial charge in [-0.05, 0) is 31.9 Å². The summed E-state index contributed by atoms with van der Waals surface area (Å²) < 4.78 is 0. The number of aliphatic hydroxyl groups excluding tert-OH is 1. The number of hydrogen-bond donors (Lipinski definition) is 3. The predicted molar refractivity (Wildman–Crippen MR) is 76.3 cm³/mol. The van der Waals surface area contributed by atoms with Crippen molar-refractivity contribution in [3.8, 4) is 0 Å². The van der Waals surface area contributed by atoms with Crippen LogP contribution in [0.15, 0.2) is 24.3 Å². The quantitative estimate of drug-likeness (QED) is 0.779. The second kappa shape index (κ2) is 6.57. The van der Waals surface area contributed by atoms with Gasteiger partial charge in [0.05, 0.1) is 17.7 Å². The van der Waals surface area contributed by atoms with E-state index in [0.717, 1.165) is 37.9 Å². The Kier molecular flexibility index (Phi) is 4.80. The van der Waals surface area contributed by atoms with Gasteiger partial charge in [0.1, 0.15) is 0 Å². The van der Waals surface area contributed by atoms with Crippen LogP contribution in [0.5, 0.6) is 0 Å². The highest BCUT2D eigenvalue weighted by atomic mass is 16.3. The van der Waals surface area contributed by atoms with Gasteiger partial charge in [-0.3, -0.25) is 4.79 Å². The van der Waals surface area contributed by atoms with E-state index in [1.54, 1.807) is 0 Å². The van der Waals surface area contributed by atoms with E-state index in [2.05, 4.69) is 10.6 Å². The zero-order valence-electron chi connectivity index (χ0n) is 11.4. The van der Waals surface area contributed by atoms with Crippen LogP contribution in [0.25, 0.3) is 0 Å². The predicted octanol–water partition coefficient (Wildman–Crippen LogP) is 2.15. The Bertz CT molecular complexity index is 434. The lowest BCUT2D eigenvalue weighted by molar-refractivity contribution is 0.0718. The molecule has 0 radical (unpaired) electrons. The fraction of sp³-hybridized carbons (Fsp3) is 0.533. The van der Waals surface area contributed by atoms with E-state index in [9.17, 15) is 9.90 Å². The summed E-state index contributed by atoms with van der Waals surface area (Å²) in [5, 5.41) is 16.0. The van der Waals surface area contributed by atoms with Crippen LogP contribution < -0.4 is 10.6 Å². The Balaban J connectivity index is 2.06. The molecule has 19 heavy (non-hydrogen) atoms. The highest BCUT2D eigenvalue weighted by Gasteiger charge is 2.25. The van der Waals surface area contributed by atoms with Crippen LogP contribution in [0, 0.1) is 0 Å². The maximum absolute atomic E-state index is 12.3. The lowest BCUT2D eigenvalue weighted by Gasteiger charge is -2.28. The Morgan fingerprint density at radius 3 is 2.79 bits per heavy atom. The summed E-state index contributed by atoms with van der Waals surface area (Å²) in [6, 6.07) is 7.35. The average molecular weight is 262 g/mol. The molecule has 0 aliphatic heterocycles. The van der Waals surface area contributed by atoms with Gasteiger partial charge in [0.25, 0.3) is 5.91 Å². The number of anilines is 1. The smallest absolute Gasteiger partial charge is 0.253 e. The monoisotopic (exact) mass is 262 g/mol. The van der Waals surface area contributed by atoms with Crippen molar-refractivity contribution in [1.82, 2.24) is 5.32 Å². The Hall–Kier alpha value is -1.55. The lowest BCUT2D eigenvalue weighted by atomic mass is 9.92. The molecule has 1 aliphatic carbocycles. The molecule has 2 unspecified atom stereocenters. The molecule has 0 heterocycles. The van der Waals surface area contributed by atoms with E-state index in [1.807, 2.05) is 31.2 Å². The number of nitrogens with one attached hydrogen (secondary N) is 2. The number of amides is 1. The number of aliphatic hydroxyl groups is 1. The van der Waals surface area contributed by atoms with Crippen LogP contribution in [-0.4, -0.2) is 29.7 Å². The van der Waals surface area contributed by atoms with Gasteiger partial charge >= 0.3 is 0 Å². The minimum Gasteiger partial charge on any atom is -0.391 e. The standard InChI is InChI=1S/C15H22N2O2/c1-2-16-12-8-4-3-7-11(12)15(19)17-13-9-5-6-10-14(13)18/h3-4,7-8,13-14,16,18H,2,5-6,9-10H2,1H3,(H,17,19). The van der Waals surface area contributed by atoms with Crippen molar-refractivity contribution in [2.75, 3.05) is 11.9 Å². The molecule has 2 atom stereocenters. The highest BCUT2D eigenvalue weighted by molar-refractivity contribution is 5.99. The summed E-state index contributed by atoms with van der Waals surface area (Å²) in [5.41, 5.74) is 1.48. The topological polar surface area (TPSA) is 61.4 Å². The maximum Gasteiger partial charge on any atom is 0.253 e. The summed E-state index contributed by atoms with van der Waals surface area (Å²) in [6.07, 6.45) is 3.33. The molecule has 0 spiro atoms. The van der Waals surface area contributed by atoms with Gasteiger partial charge in [-0.2, -0.15) is 0 Å². The Morgan fingerprint density at radius 1 is 1.32 bits per heavy atom. The summed E-state index contributed by atoms with van der Waals surface area (Å²) >= 11 is 0. The largest absolute Gasteiger partial charge is 0.391 e. The van der Waals surface area contributed by atoms with Gasteiger partial charge in [0.2, 0.25) is 0 Å². The first-order chi connectivity index (χ1) is 9.22. The molecule has 2 rings (SSSR count). The average Bonchev–Trinajstić information content (AvgIpc) is 2.42. The molecule has 3 N–H and O–H groups in total. The van der Waals surface area contributed by atoms with E-state index in [1.165, 1.54) is 0 Å². The van der Waals surface area contributed by atoms with Crippen LogP contribution in [0.1, 0.15) is 43.0 Å². The number of carbonyl (C=O) groups is 1. The van der Waals surface area contributed by atoms with Crippen LogP contribution in [0.3, 0.4) is 0 Å². The Labute approximate surface area is 114 Å². The normalized spacial score (nSPS) is 22.8. The summed E-state index contributed by atoms with van der Waals surface area (Å²) in [5.74, 6) is -0.109. The van der Waals surface area contributed by atoms with Crippen LogP contribution >= 0.6 is 0 Å². The molecule has 104 valence electrons. The number of rotatable bonds is 4. The fourth-order valence-corrected chi connectivity index (χ4v) is 2.55. The minimum absolute atomic E-state index is 0.109. The first-order valence-electron chi connectivity index (χ1n) is 7.04. The molecule has 1 amide bonds. The maximum atomic E-state index is 12.3. The molecule has 0 bridgehead atoms. The minimum atomic E-state index is -0.413. The molecule has 1 saturated carbocycles. The van der Waals surface area contributed by atoms with Crippen molar-refractivity contribution in [3.63, 3.8) is 0 Å². The van der Waals surface area contributed by atoms with Crippen LogP contribution in [0.4, 0.5) is 5.69 Å². The SMILES string of the molecule is CCNc1ccccc1C(=O)NC1CCCCC1O. The molecule has 1 aromatic carbocycles. The number of para-hydroxylation sites is 1. The van der Waals surface area contributed by atoms with E-state index in [-0.39, 0.29) is 11.9 Å². The molecule has 1 aliphatic rings. The molecule has 1 fully saturated rings. The van der Waals surface area contributed by atoms with Crippen molar-refractivity contribution < 1.29 is 9.90 Å². The third-order valence-electron chi connectivity index (χ3n) is 3.58. The van der Waals surface area contributed by atoms with Gasteiger partial charge in [-0.25, -0.2) is 0 Å². The van der Waals surface area contributed by atoms with Crippen molar-refractivity contribution in [1.29, 1.82) is 0 Å². The molecule has 0 saturated heterocycles. The van der Waals surface area contributed by atoms with Crippen LogP contribution in [-0.2, 0) is 0 Å². The second-order valence-electron chi connectivity index (χ2n) is 5.01. The van der Waals surface area contributed by atoms with E-state index >= 15 is 0 Å². The molecule has 0 aromatic heterocycles. The van der Waals surface area contributed by atoms with Gasteiger partial charge < -0.3 is 15.7 Å². The van der Waals surface area contributed by atoms with Crippen LogP contribution in [0.2, 0.25) is 0 Å². The zero-order chi connectivity index (χ0) is 13.7. The summed E-state index contributed by atoms with van der Waals surface area (Å²) in [6.45, 7) is 2.77. The van der Waals surface area contributed by atoms with Crippen molar-refractivity contribution in [2.24, 2.45) is 0 Å². The van der Waals surface area contributed by atoms with Gasteiger partial charge in [0, 0.05) is 12.2 Å². The first-order valence-corrected chi connectivity index (χ1v) is 7.04. The highest BCUT2D eigenvalue weighted by Crippen LogP contribution is 2.20. The van der Waals surface area contributed by atoms with E-state index < -0.39 is 6.10 Å². The third kappa shape index (κ3) is 3.47. The molecule has 4 heteroatoms. The number of hydrogen-bond acceptors (Lipinski definition) is 3.